The monoisotopic (exact) mass is 428 g/mol. The van der Waals surface area contributed by atoms with Crippen molar-refractivity contribution < 1.29 is 14.1 Å². The van der Waals surface area contributed by atoms with Crippen LogP contribution in [0.1, 0.15) is 57.4 Å². The molecule has 2 amide bonds. The van der Waals surface area contributed by atoms with E-state index >= 15 is 0 Å². The summed E-state index contributed by atoms with van der Waals surface area (Å²) in [5.74, 6) is -0.451. The topological polar surface area (TPSA) is 97.1 Å². The van der Waals surface area contributed by atoms with Crippen LogP contribution in [0.3, 0.4) is 0 Å². The molecule has 0 aliphatic heterocycles. The van der Waals surface area contributed by atoms with Gasteiger partial charge in [-0.3, -0.25) is 9.59 Å². The maximum Gasteiger partial charge on any atom is 0.259 e. The summed E-state index contributed by atoms with van der Waals surface area (Å²) < 4.78 is 5.32. The highest BCUT2D eigenvalue weighted by molar-refractivity contribution is 6.13. The molecule has 0 aliphatic carbocycles. The van der Waals surface area contributed by atoms with Gasteiger partial charge in [-0.25, -0.2) is 4.98 Å². The summed E-state index contributed by atoms with van der Waals surface area (Å²) in [5.41, 5.74) is 4.66. The van der Waals surface area contributed by atoms with Crippen molar-refractivity contribution in [2.45, 2.75) is 33.6 Å². The smallest absolute Gasteiger partial charge is 0.259 e. The Balaban J connectivity index is 1.65. The minimum Gasteiger partial charge on any atom is -0.336 e. The van der Waals surface area contributed by atoms with Crippen molar-refractivity contribution in [3.63, 3.8) is 0 Å². The zero-order chi connectivity index (χ0) is 22.8. The fraction of sp³-hybridized carbons (Fsp3) is 0.200. The summed E-state index contributed by atoms with van der Waals surface area (Å²) in [4.78, 5) is 30.4. The van der Waals surface area contributed by atoms with E-state index in [0.29, 0.717) is 39.3 Å². The lowest BCUT2D eigenvalue weighted by Gasteiger charge is -2.13. The van der Waals surface area contributed by atoms with Crippen LogP contribution in [0.5, 0.6) is 0 Å². The number of anilines is 2. The van der Waals surface area contributed by atoms with Gasteiger partial charge in [0.1, 0.15) is 0 Å². The van der Waals surface area contributed by atoms with Crippen molar-refractivity contribution in [1.82, 2.24) is 10.1 Å². The summed E-state index contributed by atoms with van der Waals surface area (Å²) in [6.07, 6.45) is 0. The minimum absolute atomic E-state index is 0.114. The Morgan fingerprint density at radius 3 is 2.41 bits per heavy atom. The van der Waals surface area contributed by atoms with Crippen LogP contribution in [0.2, 0.25) is 0 Å². The molecule has 162 valence electrons. The van der Waals surface area contributed by atoms with E-state index in [1.54, 1.807) is 25.1 Å². The standard InChI is InChI=1S/C25H24N4O3/c1-14(2)20-13-19(22-16(4)29-32-25(22)28-20)24(31)27-21-12-17(11-10-15(21)3)23(30)26-18-8-6-5-7-9-18/h5-14H,1-4H3,(H,26,30)(H,27,31). The second kappa shape index (κ2) is 8.63. The van der Waals surface area contributed by atoms with Crippen LogP contribution < -0.4 is 10.6 Å². The van der Waals surface area contributed by atoms with E-state index in [9.17, 15) is 9.59 Å². The summed E-state index contributed by atoms with van der Waals surface area (Å²) in [6, 6.07) is 16.2. The lowest BCUT2D eigenvalue weighted by Crippen LogP contribution is -2.16. The average Bonchev–Trinajstić information content (AvgIpc) is 3.16. The van der Waals surface area contributed by atoms with Gasteiger partial charge in [0.25, 0.3) is 17.5 Å². The molecule has 0 fully saturated rings. The number of hydrogen-bond donors (Lipinski definition) is 2. The highest BCUT2D eigenvalue weighted by atomic mass is 16.5. The summed E-state index contributed by atoms with van der Waals surface area (Å²) >= 11 is 0. The normalized spacial score (nSPS) is 11.0. The van der Waals surface area contributed by atoms with Gasteiger partial charge in [-0.2, -0.15) is 0 Å². The van der Waals surface area contributed by atoms with Crippen molar-refractivity contribution >= 4 is 34.3 Å². The zero-order valence-electron chi connectivity index (χ0n) is 18.4. The van der Waals surface area contributed by atoms with E-state index < -0.39 is 0 Å². The molecular formula is C25H24N4O3. The molecule has 4 aromatic rings. The summed E-state index contributed by atoms with van der Waals surface area (Å²) in [7, 11) is 0. The predicted molar refractivity (Wildman–Crippen MR) is 124 cm³/mol. The van der Waals surface area contributed by atoms with Crippen LogP contribution in [-0.2, 0) is 0 Å². The first-order valence-corrected chi connectivity index (χ1v) is 10.4. The first kappa shape index (κ1) is 21.2. The number of pyridine rings is 1. The Kier molecular flexibility index (Phi) is 5.73. The van der Waals surface area contributed by atoms with Crippen LogP contribution in [0.4, 0.5) is 11.4 Å². The van der Waals surface area contributed by atoms with Gasteiger partial charge < -0.3 is 15.2 Å². The fourth-order valence-electron chi connectivity index (χ4n) is 3.40. The maximum atomic E-state index is 13.3. The molecule has 2 aromatic carbocycles. The molecule has 0 bridgehead atoms. The number of aryl methyl sites for hydroxylation is 2. The molecule has 0 saturated carbocycles. The largest absolute Gasteiger partial charge is 0.336 e. The molecule has 7 heteroatoms. The third-order valence-electron chi connectivity index (χ3n) is 5.25. The third-order valence-corrected chi connectivity index (χ3v) is 5.25. The quantitative estimate of drug-likeness (QED) is 0.439. The Hall–Kier alpha value is -4.00. The first-order valence-electron chi connectivity index (χ1n) is 10.4. The summed E-state index contributed by atoms with van der Waals surface area (Å²) in [5, 5.41) is 10.4. The molecule has 4 rings (SSSR count). The van der Waals surface area contributed by atoms with Gasteiger partial charge in [-0.1, -0.05) is 43.3 Å². The molecule has 2 aromatic heterocycles. The molecule has 7 nitrogen and oxygen atoms in total. The van der Waals surface area contributed by atoms with Crippen LogP contribution in [0, 0.1) is 13.8 Å². The highest BCUT2D eigenvalue weighted by Crippen LogP contribution is 2.27. The number of amides is 2. The number of hydrogen-bond acceptors (Lipinski definition) is 5. The molecule has 0 radical (unpaired) electrons. The van der Waals surface area contributed by atoms with Gasteiger partial charge >= 0.3 is 0 Å². The van der Waals surface area contributed by atoms with Gasteiger partial charge in [0, 0.05) is 22.6 Å². The number of carbonyl (C=O) groups excluding carboxylic acids is 2. The van der Waals surface area contributed by atoms with Crippen LogP contribution in [0.15, 0.2) is 59.1 Å². The van der Waals surface area contributed by atoms with Crippen LogP contribution in [0.25, 0.3) is 11.1 Å². The Morgan fingerprint density at radius 2 is 1.69 bits per heavy atom. The van der Waals surface area contributed by atoms with Gasteiger partial charge in [-0.05, 0) is 55.7 Å². The zero-order valence-corrected chi connectivity index (χ0v) is 18.4. The number of aromatic nitrogens is 2. The van der Waals surface area contributed by atoms with E-state index in [1.807, 2.05) is 57.2 Å². The molecule has 0 saturated heterocycles. The first-order chi connectivity index (χ1) is 15.3. The molecule has 0 atom stereocenters. The second-order valence-electron chi connectivity index (χ2n) is 8.00. The Bertz CT molecular complexity index is 1310. The maximum absolute atomic E-state index is 13.3. The van der Waals surface area contributed by atoms with Crippen molar-refractivity contribution in [2.75, 3.05) is 10.6 Å². The number of nitrogens with one attached hydrogen (secondary N) is 2. The lowest BCUT2D eigenvalue weighted by atomic mass is 10.0. The van der Waals surface area contributed by atoms with Gasteiger partial charge in [0.15, 0.2) is 0 Å². The van der Waals surface area contributed by atoms with Crippen LogP contribution >= 0.6 is 0 Å². The predicted octanol–water partition coefficient (Wildman–Crippen LogP) is 5.47. The van der Waals surface area contributed by atoms with Gasteiger partial charge in [0.05, 0.1) is 16.6 Å². The molecule has 2 heterocycles. The number of fused-ring (bicyclic) bond motifs is 1. The molecule has 0 unspecified atom stereocenters. The van der Waals surface area contributed by atoms with Gasteiger partial charge in [0.2, 0.25) is 0 Å². The second-order valence-corrected chi connectivity index (χ2v) is 8.00. The number of para-hydroxylation sites is 1. The Labute approximate surface area is 185 Å². The number of benzene rings is 2. The van der Waals surface area contributed by atoms with Crippen molar-refractivity contribution in [1.29, 1.82) is 0 Å². The van der Waals surface area contributed by atoms with E-state index in [0.717, 1.165) is 11.3 Å². The number of rotatable bonds is 5. The molecule has 32 heavy (non-hydrogen) atoms. The number of nitrogens with zero attached hydrogens (tertiary/aromatic N) is 2. The Morgan fingerprint density at radius 1 is 0.938 bits per heavy atom. The van der Waals surface area contributed by atoms with E-state index in [-0.39, 0.29) is 17.7 Å². The van der Waals surface area contributed by atoms with E-state index in [2.05, 4.69) is 20.8 Å². The number of carbonyl (C=O) groups is 2. The highest BCUT2D eigenvalue weighted by Gasteiger charge is 2.20. The average molecular weight is 428 g/mol. The van der Waals surface area contributed by atoms with Gasteiger partial charge in [-0.15, -0.1) is 0 Å². The van der Waals surface area contributed by atoms with Crippen molar-refractivity contribution in [2.24, 2.45) is 0 Å². The third kappa shape index (κ3) is 4.23. The van der Waals surface area contributed by atoms with E-state index in [1.165, 1.54) is 0 Å². The SMILES string of the molecule is Cc1ccc(C(=O)Nc2ccccc2)cc1NC(=O)c1cc(C(C)C)nc2onc(C)c12. The van der Waals surface area contributed by atoms with Crippen molar-refractivity contribution in [3.8, 4) is 0 Å². The fourth-order valence-corrected chi connectivity index (χ4v) is 3.40. The van der Waals surface area contributed by atoms with E-state index in [4.69, 9.17) is 4.52 Å². The minimum atomic E-state index is -0.311. The molecular weight excluding hydrogens is 404 g/mol. The van der Waals surface area contributed by atoms with Crippen LogP contribution in [-0.4, -0.2) is 22.0 Å². The summed E-state index contributed by atoms with van der Waals surface area (Å²) in [6.45, 7) is 7.65. The molecule has 0 aliphatic rings. The van der Waals surface area contributed by atoms with Crippen molar-refractivity contribution in [3.05, 3.63) is 82.7 Å². The molecule has 0 spiro atoms. The lowest BCUT2D eigenvalue weighted by molar-refractivity contribution is 0.101. The molecule has 2 N–H and O–H groups in total.